The number of hydrogen-bond donors (Lipinski definition) is 2. The maximum Gasteiger partial charge on any atom is 0.267 e. The number of nitrogens with two attached hydrogens (primary N) is 1. The van der Waals surface area contributed by atoms with Crippen molar-refractivity contribution >= 4 is 17.2 Å². The van der Waals surface area contributed by atoms with Crippen molar-refractivity contribution < 1.29 is 4.79 Å². The quantitative estimate of drug-likeness (QED) is 0.467. The molecule has 0 fully saturated rings. The summed E-state index contributed by atoms with van der Waals surface area (Å²) in [5, 5.41) is 2.75. The summed E-state index contributed by atoms with van der Waals surface area (Å²) >= 11 is 1.53. The molecule has 0 radical (unpaired) electrons. The lowest BCUT2D eigenvalue weighted by Crippen LogP contribution is -2.30. The van der Waals surface area contributed by atoms with Crippen LogP contribution >= 0.6 is 11.3 Å². The monoisotopic (exact) mass is 236 g/mol. The molecule has 0 aromatic carbocycles. The molecule has 0 unspecified atom stereocenters. The van der Waals surface area contributed by atoms with Crippen LogP contribution in [0.4, 0.5) is 0 Å². The highest BCUT2D eigenvalue weighted by Gasteiger charge is 2.16. The van der Waals surface area contributed by atoms with Gasteiger partial charge in [0, 0.05) is 23.0 Å². The number of aryl methyl sites for hydroxylation is 1. The van der Waals surface area contributed by atoms with Gasteiger partial charge in [0.1, 0.15) is 0 Å². The van der Waals surface area contributed by atoms with E-state index in [1.165, 1.54) is 11.3 Å². The number of aromatic nitrogens is 2. The van der Waals surface area contributed by atoms with E-state index < -0.39 is 0 Å². The fourth-order valence-electron chi connectivity index (χ4n) is 1.69. The number of nitrogens with one attached hydrogen (secondary N) is 1. The van der Waals surface area contributed by atoms with Crippen molar-refractivity contribution in [3.05, 3.63) is 34.6 Å². The standard InChI is InChI=1S/C10H12N4OS/c1-6-5-8(9(15)13-11)7(2)14(6)10-12-3-4-16-10/h3-5H,11H2,1-2H3,(H,13,15). The number of hydrazine groups is 1. The highest BCUT2D eigenvalue weighted by atomic mass is 32.1. The van der Waals surface area contributed by atoms with Crippen LogP contribution in [-0.2, 0) is 0 Å². The Morgan fingerprint density at radius 1 is 1.56 bits per heavy atom. The van der Waals surface area contributed by atoms with Gasteiger partial charge < -0.3 is 0 Å². The molecule has 0 saturated heterocycles. The van der Waals surface area contributed by atoms with Crippen molar-refractivity contribution in [3.63, 3.8) is 0 Å². The Bertz CT molecular complexity index is 515. The molecule has 0 aliphatic rings. The predicted octanol–water partition coefficient (Wildman–Crippen LogP) is 1.15. The van der Waals surface area contributed by atoms with Crippen molar-refractivity contribution in [3.8, 4) is 5.13 Å². The molecule has 0 saturated carbocycles. The molecule has 6 heteroatoms. The van der Waals surface area contributed by atoms with Crippen LogP contribution in [-0.4, -0.2) is 15.5 Å². The number of rotatable bonds is 2. The van der Waals surface area contributed by atoms with E-state index in [0.717, 1.165) is 16.5 Å². The number of carbonyl (C=O) groups is 1. The summed E-state index contributed by atoms with van der Waals surface area (Å²) in [6.07, 6.45) is 1.74. The molecular weight excluding hydrogens is 224 g/mol. The molecular formula is C10H12N4OS. The van der Waals surface area contributed by atoms with Crippen molar-refractivity contribution in [2.45, 2.75) is 13.8 Å². The van der Waals surface area contributed by atoms with E-state index in [1.54, 1.807) is 12.3 Å². The molecule has 16 heavy (non-hydrogen) atoms. The van der Waals surface area contributed by atoms with Gasteiger partial charge in [-0.05, 0) is 19.9 Å². The van der Waals surface area contributed by atoms with Gasteiger partial charge in [0.05, 0.1) is 5.56 Å². The van der Waals surface area contributed by atoms with Gasteiger partial charge in [0.15, 0.2) is 5.13 Å². The lowest BCUT2D eigenvalue weighted by atomic mass is 10.2. The van der Waals surface area contributed by atoms with Gasteiger partial charge in [0.2, 0.25) is 0 Å². The summed E-state index contributed by atoms with van der Waals surface area (Å²) in [5.41, 5.74) is 4.52. The Kier molecular flexibility index (Phi) is 2.76. The van der Waals surface area contributed by atoms with Crippen molar-refractivity contribution in [2.75, 3.05) is 0 Å². The first kappa shape index (κ1) is 10.8. The SMILES string of the molecule is Cc1cc(C(=O)NN)c(C)n1-c1nccs1. The number of hydrogen-bond acceptors (Lipinski definition) is 4. The smallest absolute Gasteiger partial charge is 0.267 e. The van der Waals surface area contributed by atoms with E-state index in [9.17, 15) is 4.79 Å². The van der Waals surface area contributed by atoms with Gasteiger partial charge in [-0.2, -0.15) is 0 Å². The third-order valence-electron chi connectivity index (χ3n) is 2.42. The Labute approximate surface area is 96.9 Å². The molecule has 84 valence electrons. The van der Waals surface area contributed by atoms with Crippen LogP contribution in [0.1, 0.15) is 21.7 Å². The number of thiazole rings is 1. The van der Waals surface area contributed by atoms with Gasteiger partial charge in [-0.15, -0.1) is 11.3 Å². The van der Waals surface area contributed by atoms with E-state index in [4.69, 9.17) is 5.84 Å². The summed E-state index contributed by atoms with van der Waals surface area (Å²) in [6.45, 7) is 3.81. The van der Waals surface area contributed by atoms with Crippen LogP contribution in [0.5, 0.6) is 0 Å². The Morgan fingerprint density at radius 3 is 2.88 bits per heavy atom. The Hall–Kier alpha value is -1.66. The van der Waals surface area contributed by atoms with Crippen LogP contribution in [0.3, 0.4) is 0 Å². The molecule has 0 spiro atoms. The highest BCUT2D eigenvalue weighted by Crippen LogP contribution is 2.21. The minimum absolute atomic E-state index is 0.282. The zero-order valence-corrected chi connectivity index (χ0v) is 9.84. The second kappa shape index (κ2) is 4.07. The average molecular weight is 236 g/mol. The fraction of sp³-hybridized carbons (Fsp3) is 0.200. The van der Waals surface area contributed by atoms with E-state index >= 15 is 0 Å². The van der Waals surface area contributed by atoms with Gasteiger partial charge in [-0.25, -0.2) is 10.8 Å². The first-order valence-electron chi connectivity index (χ1n) is 4.75. The van der Waals surface area contributed by atoms with Crippen LogP contribution in [0, 0.1) is 13.8 Å². The molecule has 2 aromatic heterocycles. The second-order valence-corrected chi connectivity index (χ2v) is 4.28. The van der Waals surface area contributed by atoms with Crippen molar-refractivity contribution in [1.82, 2.24) is 15.0 Å². The Morgan fingerprint density at radius 2 is 2.31 bits per heavy atom. The molecule has 5 nitrogen and oxygen atoms in total. The second-order valence-electron chi connectivity index (χ2n) is 3.41. The molecule has 0 atom stereocenters. The zero-order valence-electron chi connectivity index (χ0n) is 9.02. The van der Waals surface area contributed by atoms with E-state index in [-0.39, 0.29) is 5.91 Å². The average Bonchev–Trinajstić information content (AvgIpc) is 2.86. The maximum atomic E-state index is 11.5. The van der Waals surface area contributed by atoms with Gasteiger partial charge in [0.25, 0.3) is 5.91 Å². The number of nitrogens with zero attached hydrogens (tertiary/aromatic N) is 2. The number of nitrogen functional groups attached to an aromatic ring is 1. The molecule has 0 bridgehead atoms. The zero-order chi connectivity index (χ0) is 11.7. The third-order valence-corrected chi connectivity index (χ3v) is 3.17. The highest BCUT2D eigenvalue weighted by molar-refractivity contribution is 7.12. The third kappa shape index (κ3) is 1.62. The first-order chi connectivity index (χ1) is 7.65. The van der Waals surface area contributed by atoms with Gasteiger partial charge >= 0.3 is 0 Å². The first-order valence-corrected chi connectivity index (χ1v) is 5.63. The summed E-state index contributed by atoms with van der Waals surface area (Å²) in [6, 6.07) is 1.80. The summed E-state index contributed by atoms with van der Waals surface area (Å²) in [5.74, 6) is 4.85. The van der Waals surface area contributed by atoms with E-state index in [2.05, 4.69) is 10.4 Å². The van der Waals surface area contributed by atoms with Crippen molar-refractivity contribution in [1.29, 1.82) is 0 Å². The summed E-state index contributed by atoms with van der Waals surface area (Å²) in [7, 11) is 0. The van der Waals surface area contributed by atoms with Crippen molar-refractivity contribution in [2.24, 2.45) is 5.84 Å². The molecule has 3 N–H and O–H groups in total. The van der Waals surface area contributed by atoms with E-state index in [1.807, 2.05) is 23.8 Å². The largest absolute Gasteiger partial charge is 0.294 e. The molecule has 2 aromatic rings. The van der Waals surface area contributed by atoms with Crippen LogP contribution in [0.15, 0.2) is 17.6 Å². The molecule has 2 heterocycles. The summed E-state index contributed by atoms with van der Waals surface area (Å²) < 4.78 is 1.94. The minimum atomic E-state index is -0.282. The Balaban J connectivity index is 2.56. The normalized spacial score (nSPS) is 10.4. The maximum absolute atomic E-state index is 11.5. The molecule has 0 aliphatic heterocycles. The minimum Gasteiger partial charge on any atom is -0.294 e. The molecule has 0 aliphatic carbocycles. The lowest BCUT2D eigenvalue weighted by Gasteiger charge is -2.04. The van der Waals surface area contributed by atoms with Gasteiger partial charge in [-0.3, -0.25) is 14.8 Å². The van der Waals surface area contributed by atoms with Gasteiger partial charge in [-0.1, -0.05) is 0 Å². The molecule has 2 rings (SSSR count). The summed E-state index contributed by atoms with van der Waals surface area (Å²) in [4.78, 5) is 15.7. The van der Waals surface area contributed by atoms with Crippen LogP contribution < -0.4 is 11.3 Å². The van der Waals surface area contributed by atoms with Crippen LogP contribution in [0.25, 0.3) is 5.13 Å². The lowest BCUT2D eigenvalue weighted by molar-refractivity contribution is 0.0953. The number of carbonyl (C=O) groups excluding carboxylic acids is 1. The number of amides is 1. The van der Waals surface area contributed by atoms with Crippen LogP contribution in [0.2, 0.25) is 0 Å². The topological polar surface area (TPSA) is 72.9 Å². The fourth-order valence-corrected chi connectivity index (χ4v) is 2.44. The molecule has 1 amide bonds. The predicted molar refractivity (Wildman–Crippen MR) is 62.6 cm³/mol. The van der Waals surface area contributed by atoms with E-state index in [0.29, 0.717) is 5.56 Å².